The zero-order valence-corrected chi connectivity index (χ0v) is 12.3. The zero-order chi connectivity index (χ0) is 14.6. The normalized spacial score (nSPS) is 23.9. The maximum absolute atomic E-state index is 11.0. The van der Waals surface area contributed by atoms with Crippen LogP contribution in [0.25, 0.3) is 0 Å². The summed E-state index contributed by atoms with van der Waals surface area (Å²) in [6.45, 7) is 2.69. The van der Waals surface area contributed by atoms with Crippen LogP contribution >= 0.6 is 0 Å². The Balaban J connectivity index is 1.96. The molecule has 6 heteroatoms. The summed E-state index contributed by atoms with van der Waals surface area (Å²) in [7, 11) is 3.65. The van der Waals surface area contributed by atoms with Crippen LogP contribution in [0.5, 0.6) is 0 Å². The van der Waals surface area contributed by atoms with Gasteiger partial charge in [0.2, 0.25) is 5.91 Å². The van der Waals surface area contributed by atoms with Crippen LogP contribution in [0.15, 0.2) is 12.3 Å². The van der Waals surface area contributed by atoms with Gasteiger partial charge in [-0.2, -0.15) is 5.10 Å². The van der Waals surface area contributed by atoms with E-state index in [1.807, 2.05) is 24.0 Å². The van der Waals surface area contributed by atoms with Crippen molar-refractivity contribution in [2.24, 2.45) is 12.8 Å². The molecule has 0 aliphatic carbocycles. The second kappa shape index (κ2) is 6.37. The van der Waals surface area contributed by atoms with Gasteiger partial charge in [0, 0.05) is 39.9 Å². The highest BCUT2D eigenvalue weighted by Gasteiger charge is 2.35. The van der Waals surface area contributed by atoms with Crippen molar-refractivity contribution >= 4 is 5.91 Å². The molecule has 1 aromatic rings. The number of aromatic nitrogens is 2. The molecule has 1 aliphatic heterocycles. The number of likely N-dealkylation sites (tertiary alicyclic amines) is 1. The first-order chi connectivity index (χ1) is 9.53. The molecule has 2 N–H and O–H groups in total. The third-order valence-corrected chi connectivity index (χ3v) is 4.03. The van der Waals surface area contributed by atoms with Crippen molar-refractivity contribution in [2.45, 2.75) is 37.8 Å². The molecule has 1 atom stereocenters. The van der Waals surface area contributed by atoms with Crippen molar-refractivity contribution in [3.63, 3.8) is 0 Å². The summed E-state index contributed by atoms with van der Waals surface area (Å²) >= 11 is 0. The molecule has 1 unspecified atom stereocenters. The van der Waals surface area contributed by atoms with Gasteiger partial charge in [-0.25, -0.2) is 0 Å². The van der Waals surface area contributed by atoms with Crippen LogP contribution in [0, 0.1) is 0 Å². The standard InChI is InChI=1S/C14H24N4O2/c1-17-9-5-12(16-17)10-18-8-3-6-14(11-18,20-2)7-4-13(15)19/h5,9H,3-4,6-8,10-11H2,1-2H3,(H2,15,19). The molecule has 1 aromatic heterocycles. The number of hydrogen-bond donors (Lipinski definition) is 1. The van der Waals surface area contributed by atoms with Crippen molar-refractivity contribution < 1.29 is 9.53 Å². The second-order valence-electron chi connectivity index (χ2n) is 5.65. The first-order valence-electron chi connectivity index (χ1n) is 7.07. The Kier molecular flexibility index (Phi) is 4.77. The van der Waals surface area contributed by atoms with Gasteiger partial charge in [-0.1, -0.05) is 0 Å². The van der Waals surface area contributed by atoms with Crippen molar-refractivity contribution in [3.8, 4) is 0 Å². The number of primary amides is 1. The van der Waals surface area contributed by atoms with Gasteiger partial charge >= 0.3 is 0 Å². The summed E-state index contributed by atoms with van der Waals surface area (Å²) in [5.41, 5.74) is 6.08. The van der Waals surface area contributed by atoms with Crippen LogP contribution in [-0.2, 0) is 23.1 Å². The van der Waals surface area contributed by atoms with Gasteiger partial charge in [0.05, 0.1) is 11.3 Å². The summed E-state index contributed by atoms with van der Waals surface area (Å²) in [4.78, 5) is 13.4. The predicted molar refractivity (Wildman–Crippen MR) is 75.9 cm³/mol. The Morgan fingerprint density at radius 3 is 3.00 bits per heavy atom. The SMILES string of the molecule is COC1(CCC(N)=O)CCCN(Cc2ccn(C)n2)C1. The Morgan fingerprint density at radius 1 is 1.60 bits per heavy atom. The molecular weight excluding hydrogens is 256 g/mol. The highest BCUT2D eigenvalue weighted by molar-refractivity contribution is 5.73. The molecule has 2 heterocycles. The molecule has 0 aromatic carbocycles. The minimum Gasteiger partial charge on any atom is -0.377 e. The van der Waals surface area contributed by atoms with Crippen LogP contribution in [0.3, 0.4) is 0 Å². The lowest BCUT2D eigenvalue weighted by Crippen LogP contribution is -2.49. The van der Waals surface area contributed by atoms with E-state index in [0.717, 1.165) is 38.2 Å². The smallest absolute Gasteiger partial charge is 0.217 e. The van der Waals surface area contributed by atoms with Crippen LogP contribution in [0.1, 0.15) is 31.4 Å². The molecule has 0 spiro atoms. The van der Waals surface area contributed by atoms with E-state index in [2.05, 4.69) is 10.00 Å². The van der Waals surface area contributed by atoms with Gasteiger partial charge in [0.1, 0.15) is 0 Å². The summed E-state index contributed by atoms with van der Waals surface area (Å²) in [6.07, 6.45) is 5.08. The fourth-order valence-corrected chi connectivity index (χ4v) is 2.93. The van der Waals surface area contributed by atoms with E-state index in [1.54, 1.807) is 7.11 Å². The van der Waals surface area contributed by atoms with Crippen LogP contribution < -0.4 is 5.73 Å². The summed E-state index contributed by atoms with van der Waals surface area (Å²) in [5, 5.41) is 4.41. The predicted octanol–water partition coefficient (Wildman–Crippen LogP) is 0.667. The molecule has 0 bridgehead atoms. The van der Waals surface area contributed by atoms with E-state index < -0.39 is 0 Å². The number of carbonyl (C=O) groups is 1. The molecule has 1 fully saturated rings. The van der Waals surface area contributed by atoms with Crippen LogP contribution in [0.2, 0.25) is 0 Å². The monoisotopic (exact) mass is 280 g/mol. The molecule has 6 nitrogen and oxygen atoms in total. The van der Waals surface area contributed by atoms with Gasteiger partial charge in [-0.3, -0.25) is 14.4 Å². The van der Waals surface area contributed by atoms with E-state index >= 15 is 0 Å². The van der Waals surface area contributed by atoms with E-state index in [4.69, 9.17) is 10.5 Å². The van der Waals surface area contributed by atoms with Gasteiger partial charge in [0.25, 0.3) is 0 Å². The van der Waals surface area contributed by atoms with E-state index in [9.17, 15) is 4.79 Å². The summed E-state index contributed by atoms with van der Waals surface area (Å²) in [5.74, 6) is -0.261. The van der Waals surface area contributed by atoms with E-state index in [1.165, 1.54) is 0 Å². The molecule has 0 saturated carbocycles. The van der Waals surface area contributed by atoms with Crippen molar-refractivity contribution in [1.29, 1.82) is 0 Å². The lowest BCUT2D eigenvalue weighted by atomic mass is 9.87. The fourth-order valence-electron chi connectivity index (χ4n) is 2.93. The zero-order valence-electron chi connectivity index (χ0n) is 12.3. The number of nitrogens with two attached hydrogens (primary N) is 1. The second-order valence-corrected chi connectivity index (χ2v) is 5.65. The topological polar surface area (TPSA) is 73.4 Å². The number of amides is 1. The molecule has 2 rings (SSSR count). The first-order valence-corrected chi connectivity index (χ1v) is 7.07. The van der Waals surface area contributed by atoms with Crippen molar-refractivity contribution in [2.75, 3.05) is 20.2 Å². The maximum atomic E-state index is 11.0. The number of carbonyl (C=O) groups excluding carboxylic acids is 1. The van der Waals surface area contributed by atoms with Crippen molar-refractivity contribution in [1.82, 2.24) is 14.7 Å². The molecular formula is C14H24N4O2. The molecule has 20 heavy (non-hydrogen) atoms. The lowest BCUT2D eigenvalue weighted by Gasteiger charge is -2.41. The highest BCUT2D eigenvalue weighted by atomic mass is 16.5. The molecule has 1 saturated heterocycles. The van der Waals surface area contributed by atoms with Crippen molar-refractivity contribution in [3.05, 3.63) is 18.0 Å². The van der Waals surface area contributed by atoms with E-state index in [-0.39, 0.29) is 11.5 Å². The van der Waals surface area contributed by atoms with Gasteiger partial charge in [-0.05, 0) is 31.9 Å². The Labute approximate surface area is 119 Å². The molecule has 1 amide bonds. The molecule has 112 valence electrons. The minimum absolute atomic E-state index is 0.248. The van der Waals surface area contributed by atoms with E-state index in [0.29, 0.717) is 12.8 Å². The average Bonchev–Trinajstić information content (AvgIpc) is 2.82. The number of nitrogens with zero attached hydrogens (tertiary/aromatic N) is 3. The average molecular weight is 280 g/mol. The number of piperidine rings is 1. The number of aryl methyl sites for hydroxylation is 1. The largest absolute Gasteiger partial charge is 0.377 e. The number of ether oxygens (including phenoxy) is 1. The van der Waals surface area contributed by atoms with Gasteiger partial charge in [0.15, 0.2) is 0 Å². The first kappa shape index (κ1) is 15.0. The maximum Gasteiger partial charge on any atom is 0.217 e. The molecule has 1 aliphatic rings. The number of rotatable bonds is 6. The summed E-state index contributed by atoms with van der Waals surface area (Å²) < 4.78 is 7.54. The van der Waals surface area contributed by atoms with Crippen LogP contribution in [-0.4, -0.2) is 46.4 Å². The lowest BCUT2D eigenvalue weighted by molar-refractivity contribution is -0.121. The van der Waals surface area contributed by atoms with Gasteiger partial charge in [-0.15, -0.1) is 0 Å². The third kappa shape index (κ3) is 3.80. The quantitative estimate of drug-likeness (QED) is 0.831. The third-order valence-electron chi connectivity index (χ3n) is 4.03. The number of methoxy groups -OCH3 is 1. The molecule has 0 radical (unpaired) electrons. The van der Waals surface area contributed by atoms with Gasteiger partial charge < -0.3 is 10.5 Å². The van der Waals surface area contributed by atoms with Crippen LogP contribution in [0.4, 0.5) is 0 Å². The number of hydrogen-bond acceptors (Lipinski definition) is 4. The Hall–Kier alpha value is -1.40. The fraction of sp³-hybridized carbons (Fsp3) is 0.714. The summed E-state index contributed by atoms with van der Waals surface area (Å²) in [6, 6.07) is 2.03. The highest BCUT2D eigenvalue weighted by Crippen LogP contribution is 2.29. The minimum atomic E-state index is -0.261. The Bertz CT molecular complexity index is 460. The Morgan fingerprint density at radius 2 is 2.40 bits per heavy atom.